The van der Waals surface area contributed by atoms with Crippen molar-refractivity contribution >= 4 is 17.1 Å². The molecule has 0 fully saturated rings. The molecular weight excluding hydrogens is 266 g/mol. The van der Waals surface area contributed by atoms with Crippen LogP contribution in [0.15, 0.2) is 11.1 Å². The zero-order valence-electron chi connectivity index (χ0n) is 11.3. The number of aromatic amines is 1. The minimum Gasteiger partial charge on any atom is -0.382 e. The second-order valence-corrected chi connectivity index (χ2v) is 4.17. The second kappa shape index (κ2) is 6.46. The number of H-pyrrole nitrogens is 1. The van der Waals surface area contributed by atoms with Crippen LogP contribution in [0.4, 0.5) is 5.95 Å². The Morgan fingerprint density at radius 1 is 1.40 bits per heavy atom. The van der Waals surface area contributed by atoms with Crippen molar-refractivity contribution in [3.63, 3.8) is 0 Å². The van der Waals surface area contributed by atoms with Gasteiger partial charge in [0.1, 0.15) is 12.8 Å². The molecule has 0 saturated carbocycles. The van der Waals surface area contributed by atoms with E-state index in [1.165, 1.54) is 6.33 Å². The van der Waals surface area contributed by atoms with Crippen LogP contribution < -0.4 is 11.3 Å². The molecule has 0 bridgehead atoms. The molecule has 20 heavy (non-hydrogen) atoms. The highest BCUT2D eigenvalue weighted by Gasteiger charge is 2.12. The SMILES string of the molecule is COCC(COC)OCn1cnc2c(=O)[nH]c(N)nc21. The highest BCUT2D eigenvalue weighted by atomic mass is 16.6. The van der Waals surface area contributed by atoms with E-state index in [0.29, 0.717) is 18.9 Å². The largest absolute Gasteiger partial charge is 0.382 e. The van der Waals surface area contributed by atoms with Crippen LogP contribution in [0.25, 0.3) is 11.2 Å². The van der Waals surface area contributed by atoms with E-state index in [1.54, 1.807) is 18.8 Å². The average molecular weight is 283 g/mol. The normalized spacial score (nSPS) is 11.6. The summed E-state index contributed by atoms with van der Waals surface area (Å²) in [5, 5.41) is 0. The number of anilines is 1. The molecule has 0 aliphatic carbocycles. The molecule has 2 heterocycles. The van der Waals surface area contributed by atoms with Gasteiger partial charge in [-0.05, 0) is 0 Å². The quantitative estimate of drug-likeness (QED) is 0.692. The van der Waals surface area contributed by atoms with E-state index in [1.807, 2.05) is 0 Å². The number of nitrogens with two attached hydrogens (primary N) is 1. The van der Waals surface area contributed by atoms with Gasteiger partial charge in [-0.25, -0.2) is 4.98 Å². The summed E-state index contributed by atoms with van der Waals surface area (Å²) < 4.78 is 17.3. The van der Waals surface area contributed by atoms with E-state index < -0.39 is 0 Å². The van der Waals surface area contributed by atoms with Crippen molar-refractivity contribution in [1.29, 1.82) is 0 Å². The number of nitrogen functional groups attached to an aromatic ring is 1. The molecule has 0 aromatic carbocycles. The Balaban J connectivity index is 2.15. The highest BCUT2D eigenvalue weighted by molar-refractivity contribution is 5.70. The summed E-state index contributed by atoms with van der Waals surface area (Å²) in [6, 6.07) is 0. The van der Waals surface area contributed by atoms with Crippen LogP contribution in [0.1, 0.15) is 0 Å². The molecule has 0 radical (unpaired) electrons. The number of aromatic nitrogens is 4. The molecular formula is C11H17N5O4. The molecule has 0 unspecified atom stereocenters. The first kappa shape index (κ1) is 14.4. The Labute approximate surface area is 114 Å². The predicted molar refractivity (Wildman–Crippen MR) is 71.2 cm³/mol. The number of hydrogen-bond donors (Lipinski definition) is 2. The minimum absolute atomic E-state index is 0.0367. The fourth-order valence-corrected chi connectivity index (χ4v) is 1.77. The van der Waals surface area contributed by atoms with Gasteiger partial charge in [0, 0.05) is 14.2 Å². The van der Waals surface area contributed by atoms with Gasteiger partial charge < -0.3 is 19.9 Å². The number of methoxy groups -OCH3 is 2. The summed E-state index contributed by atoms with van der Waals surface area (Å²) in [4.78, 5) is 22.0. The van der Waals surface area contributed by atoms with Gasteiger partial charge in [0.15, 0.2) is 11.2 Å². The first-order valence-electron chi connectivity index (χ1n) is 5.95. The molecule has 0 amide bonds. The average Bonchev–Trinajstić information content (AvgIpc) is 2.80. The van der Waals surface area contributed by atoms with Crippen molar-refractivity contribution in [2.75, 3.05) is 33.2 Å². The summed E-state index contributed by atoms with van der Waals surface area (Å²) >= 11 is 0. The summed E-state index contributed by atoms with van der Waals surface area (Å²) in [7, 11) is 3.17. The maximum atomic E-state index is 11.6. The molecule has 2 rings (SSSR count). The number of nitrogens with zero attached hydrogens (tertiary/aromatic N) is 3. The number of hydrogen-bond acceptors (Lipinski definition) is 7. The van der Waals surface area contributed by atoms with Crippen LogP contribution in [-0.4, -0.2) is 53.1 Å². The maximum absolute atomic E-state index is 11.6. The van der Waals surface area contributed by atoms with Crippen LogP contribution in [0, 0.1) is 0 Å². The number of nitrogens with one attached hydrogen (secondary N) is 1. The Bertz CT molecular complexity index is 617. The van der Waals surface area contributed by atoms with E-state index in [-0.39, 0.29) is 29.9 Å². The Morgan fingerprint density at radius 2 is 2.10 bits per heavy atom. The number of fused-ring (bicyclic) bond motifs is 1. The van der Waals surface area contributed by atoms with Crippen LogP contribution >= 0.6 is 0 Å². The van der Waals surface area contributed by atoms with Gasteiger partial charge in [0.2, 0.25) is 5.95 Å². The van der Waals surface area contributed by atoms with Crippen LogP contribution in [-0.2, 0) is 20.9 Å². The fourth-order valence-electron chi connectivity index (χ4n) is 1.77. The lowest BCUT2D eigenvalue weighted by molar-refractivity contribution is -0.0658. The second-order valence-electron chi connectivity index (χ2n) is 4.17. The lowest BCUT2D eigenvalue weighted by Crippen LogP contribution is -2.25. The number of rotatable bonds is 7. The molecule has 9 nitrogen and oxygen atoms in total. The van der Waals surface area contributed by atoms with Gasteiger partial charge in [-0.3, -0.25) is 14.3 Å². The lowest BCUT2D eigenvalue weighted by Gasteiger charge is -2.16. The molecule has 9 heteroatoms. The van der Waals surface area contributed by atoms with Gasteiger partial charge in [-0.1, -0.05) is 0 Å². The summed E-state index contributed by atoms with van der Waals surface area (Å²) in [6.07, 6.45) is 1.25. The van der Waals surface area contributed by atoms with Crippen molar-refractivity contribution in [3.8, 4) is 0 Å². The highest BCUT2D eigenvalue weighted by Crippen LogP contribution is 2.07. The molecule has 0 atom stereocenters. The van der Waals surface area contributed by atoms with Crippen molar-refractivity contribution < 1.29 is 14.2 Å². The van der Waals surface area contributed by atoms with Crippen molar-refractivity contribution in [3.05, 3.63) is 16.7 Å². The number of imidazole rings is 1. The molecule has 2 aromatic rings. The first-order chi connectivity index (χ1) is 9.65. The van der Waals surface area contributed by atoms with Gasteiger partial charge in [-0.2, -0.15) is 4.98 Å². The molecule has 110 valence electrons. The van der Waals surface area contributed by atoms with Crippen LogP contribution in [0.3, 0.4) is 0 Å². The minimum atomic E-state index is -0.378. The van der Waals surface area contributed by atoms with E-state index in [9.17, 15) is 4.79 Å². The fraction of sp³-hybridized carbons (Fsp3) is 0.545. The van der Waals surface area contributed by atoms with Crippen molar-refractivity contribution in [2.24, 2.45) is 0 Å². The zero-order chi connectivity index (χ0) is 14.5. The van der Waals surface area contributed by atoms with Crippen molar-refractivity contribution in [1.82, 2.24) is 19.5 Å². The first-order valence-corrected chi connectivity index (χ1v) is 5.95. The molecule has 0 aliphatic heterocycles. The van der Waals surface area contributed by atoms with Gasteiger partial charge in [0.05, 0.1) is 19.5 Å². The summed E-state index contributed by atoms with van der Waals surface area (Å²) in [5.41, 5.74) is 5.73. The number of ether oxygens (including phenoxy) is 3. The third kappa shape index (κ3) is 3.13. The Morgan fingerprint density at radius 3 is 2.75 bits per heavy atom. The smallest absolute Gasteiger partial charge is 0.280 e. The van der Waals surface area contributed by atoms with Gasteiger partial charge in [0.25, 0.3) is 5.56 Å². The standard InChI is InChI=1S/C11H17N5O4/c1-18-3-7(4-19-2)20-6-16-5-13-8-9(16)14-11(12)15-10(8)17/h5,7H,3-4,6H2,1-2H3,(H3,12,14,15,17). The van der Waals surface area contributed by atoms with Gasteiger partial charge in [-0.15, -0.1) is 0 Å². The van der Waals surface area contributed by atoms with E-state index in [2.05, 4.69) is 15.0 Å². The monoisotopic (exact) mass is 283 g/mol. The van der Waals surface area contributed by atoms with Crippen LogP contribution in [0.5, 0.6) is 0 Å². The maximum Gasteiger partial charge on any atom is 0.280 e. The third-order valence-electron chi connectivity index (χ3n) is 2.65. The van der Waals surface area contributed by atoms with E-state index >= 15 is 0 Å². The van der Waals surface area contributed by atoms with Crippen LogP contribution in [0.2, 0.25) is 0 Å². The van der Waals surface area contributed by atoms with Gasteiger partial charge >= 0.3 is 0 Å². The van der Waals surface area contributed by atoms with E-state index in [4.69, 9.17) is 19.9 Å². The zero-order valence-corrected chi connectivity index (χ0v) is 11.3. The third-order valence-corrected chi connectivity index (χ3v) is 2.65. The summed E-state index contributed by atoms with van der Waals surface area (Å²) in [6.45, 7) is 0.969. The Hall–Kier alpha value is -1.97. The lowest BCUT2D eigenvalue weighted by atomic mass is 10.4. The molecule has 0 aliphatic rings. The predicted octanol–water partition coefficient (Wildman–Crippen LogP) is -0.663. The molecule has 0 spiro atoms. The Kier molecular flexibility index (Phi) is 4.66. The van der Waals surface area contributed by atoms with E-state index in [0.717, 1.165) is 0 Å². The molecule has 0 saturated heterocycles. The molecule has 3 N–H and O–H groups in total. The summed E-state index contributed by atoms with van der Waals surface area (Å²) in [5.74, 6) is 0.0367. The topological polar surface area (TPSA) is 117 Å². The molecule has 2 aromatic heterocycles. The van der Waals surface area contributed by atoms with Crippen molar-refractivity contribution in [2.45, 2.75) is 12.8 Å².